The molecule has 0 unspecified atom stereocenters. The molecule has 0 bridgehead atoms. The molecule has 3 aliphatic rings. The molecule has 4 rings (SSSR count). The number of rotatable bonds is 1. The Morgan fingerprint density at radius 3 is 2.56 bits per heavy atom. The van der Waals surface area contributed by atoms with Gasteiger partial charge in [0.25, 0.3) is 0 Å². The molecule has 4 nitrogen and oxygen atoms in total. The SMILES string of the molecule is c1cc2c(cc1N1CCC3(CC1)CNC3)OCO2. The minimum Gasteiger partial charge on any atom is -0.454 e. The first-order chi connectivity index (χ1) is 8.85. The van der Waals surface area contributed by atoms with Gasteiger partial charge in [-0.3, -0.25) is 0 Å². The molecule has 0 aromatic heterocycles. The van der Waals surface area contributed by atoms with Crippen molar-refractivity contribution in [1.29, 1.82) is 0 Å². The van der Waals surface area contributed by atoms with Gasteiger partial charge in [0.05, 0.1) is 0 Å². The van der Waals surface area contributed by atoms with Crippen LogP contribution in [0.5, 0.6) is 11.5 Å². The van der Waals surface area contributed by atoms with E-state index in [1.165, 1.54) is 31.6 Å². The van der Waals surface area contributed by atoms with E-state index in [4.69, 9.17) is 9.47 Å². The molecule has 4 heteroatoms. The summed E-state index contributed by atoms with van der Waals surface area (Å²) in [5.74, 6) is 1.76. The lowest BCUT2D eigenvalue weighted by molar-refractivity contribution is 0.126. The molecule has 0 amide bonds. The van der Waals surface area contributed by atoms with Crippen molar-refractivity contribution in [2.45, 2.75) is 12.8 Å². The molecule has 0 aliphatic carbocycles. The molecule has 2 fully saturated rings. The summed E-state index contributed by atoms with van der Waals surface area (Å²) in [6, 6.07) is 6.27. The second-order valence-electron chi connectivity index (χ2n) is 5.63. The summed E-state index contributed by atoms with van der Waals surface area (Å²) in [6.07, 6.45) is 2.60. The predicted molar refractivity (Wildman–Crippen MR) is 69.3 cm³/mol. The fourth-order valence-corrected chi connectivity index (χ4v) is 3.15. The van der Waals surface area contributed by atoms with Gasteiger partial charge >= 0.3 is 0 Å². The Bertz CT molecular complexity index is 461. The van der Waals surface area contributed by atoms with Crippen LogP contribution in [0, 0.1) is 5.41 Å². The third kappa shape index (κ3) is 1.56. The van der Waals surface area contributed by atoms with E-state index in [0.29, 0.717) is 12.2 Å². The van der Waals surface area contributed by atoms with Crippen LogP contribution in [0.15, 0.2) is 18.2 Å². The molecule has 1 N–H and O–H groups in total. The second kappa shape index (κ2) is 3.79. The second-order valence-corrected chi connectivity index (χ2v) is 5.63. The average Bonchev–Trinajstić information content (AvgIpc) is 2.84. The maximum atomic E-state index is 5.44. The first-order valence-corrected chi connectivity index (χ1v) is 6.70. The number of piperidine rings is 1. The standard InChI is InChI=1S/C14H18N2O2/c1-2-12-13(18-10-17-12)7-11(1)16-5-3-14(4-6-16)8-15-9-14/h1-2,7,15H,3-6,8-10H2. The van der Waals surface area contributed by atoms with Crippen molar-refractivity contribution in [2.75, 3.05) is 37.9 Å². The lowest BCUT2D eigenvalue weighted by Gasteiger charge is -2.48. The molecule has 0 radical (unpaired) electrons. The van der Waals surface area contributed by atoms with E-state index >= 15 is 0 Å². The fraction of sp³-hybridized carbons (Fsp3) is 0.571. The molecular weight excluding hydrogens is 228 g/mol. The van der Waals surface area contributed by atoms with E-state index < -0.39 is 0 Å². The summed E-state index contributed by atoms with van der Waals surface area (Å²) in [5, 5.41) is 3.41. The maximum Gasteiger partial charge on any atom is 0.231 e. The van der Waals surface area contributed by atoms with E-state index in [-0.39, 0.29) is 0 Å². The van der Waals surface area contributed by atoms with Crippen LogP contribution in [0.3, 0.4) is 0 Å². The highest BCUT2D eigenvalue weighted by molar-refractivity contribution is 5.57. The van der Waals surface area contributed by atoms with Crippen LogP contribution in [-0.2, 0) is 0 Å². The summed E-state index contributed by atoms with van der Waals surface area (Å²) < 4.78 is 10.8. The lowest BCUT2D eigenvalue weighted by atomic mass is 9.73. The number of anilines is 1. The molecule has 3 heterocycles. The van der Waals surface area contributed by atoms with Crippen LogP contribution in [0.25, 0.3) is 0 Å². The summed E-state index contributed by atoms with van der Waals surface area (Å²) in [6.45, 7) is 5.08. The fourth-order valence-electron chi connectivity index (χ4n) is 3.15. The highest BCUT2D eigenvalue weighted by Crippen LogP contribution is 2.39. The summed E-state index contributed by atoms with van der Waals surface area (Å²) >= 11 is 0. The van der Waals surface area contributed by atoms with Gasteiger partial charge in [0.1, 0.15) is 0 Å². The van der Waals surface area contributed by atoms with Gasteiger partial charge in [-0.2, -0.15) is 0 Å². The Kier molecular flexibility index (Phi) is 2.21. The van der Waals surface area contributed by atoms with Crippen LogP contribution in [0.2, 0.25) is 0 Å². The van der Waals surface area contributed by atoms with Crippen molar-refractivity contribution >= 4 is 5.69 Å². The Labute approximate surface area is 107 Å². The van der Waals surface area contributed by atoms with Gasteiger partial charge in [0.15, 0.2) is 11.5 Å². The van der Waals surface area contributed by atoms with Crippen molar-refractivity contribution in [1.82, 2.24) is 5.32 Å². The average molecular weight is 246 g/mol. The lowest BCUT2D eigenvalue weighted by Crippen LogP contribution is -2.58. The largest absolute Gasteiger partial charge is 0.454 e. The van der Waals surface area contributed by atoms with Crippen LogP contribution in [-0.4, -0.2) is 33.0 Å². The van der Waals surface area contributed by atoms with E-state index in [1.807, 2.05) is 6.07 Å². The molecule has 1 spiro atoms. The number of ether oxygens (including phenoxy) is 2. The first-order valence-electron chi connectivity index (χ1n) is 6.70. The summed E-state index contributed by atoms with van der Waals surface area (Å²) in [5.41, 5.74) is 1.87. The van der Waals surface area contributed by atoms with E-state index in [1.54, 1.807) is 0 Å². The number of hydrogen-bond donors (Lipinski definition) is 1. The normalized spacial score (nSPS) is 24.1. The number of fused-ring (bicyclic) bond motifs is 1. The zero-order chi connectivity index (χ0) is 12.0. The van der Waals surface area contributed by atoms with Crippen LogP contribution < -0.4 is 19.7 Å². The third-order valence-electron chi connectivity index (χ3n) is 4.55. The molecule has 96 valence electrons. The minimum absolute atomic E-state index is 0.355. The van der Waals surface area contributed by atoms with Crippen molar-refractivity contribution in [3.05, 3.63) is 18.2 Å². The topological polar surface area (TPSA) is 33.7 Å². The molecular formula is C14H18N2O2. The number of nitrogens with one attached hydrogen (secondary N) is 1. The number of benzene rings is 1. The van der Waals surface area contributed by atoms with Crippen LogP contribution in [0.1, 0.15) is 12.8 Å². The van der Waals surface area contributed by atoms with Gasteiger partial charge < -0.3 is 19.7 Å². The molecule has 2 saturated heterocycles. The maximum absolute atomic E-state index is 5.44. The highest BCUT2D eigenvalue weighted by Gasteiger charge is 2.39. The van der Waals surface area contributed by atoms with Crippen LogP contribution in [0.4, 0.5) is 5.69 Å². The van der Waals surface area contributed by atoms with E-state index in [2.05, 4.69) is 22.3 Å². The van der Waals surface area contributed by atoms with Crippen molar-refractivity contribution in [2.24, 2.45) is 5.41 Å². The van der Waals surface area contributed by atoms with E-state index in [0.717, 1.165) is 24.6 Å². The number of nitrogens with zero attached hydrogens (tertiary/aromatic N) is 1. The van der Waals surface area contributed by atoms with E-state index in [9.17, 15) is 0 Å². The van der Waals surface area contributed by atoms with Gasteiger partial charge in [0, 0.05) is 37.9 Å². The van der Waals surface area contributed by atoms with Gasteiger partial charge in [-0.1, -0.05) is 0 Å². The Morgan fingerprint density at radius 2 is 1.83 bits per heavy atom. The molecule has 1 aromatic rings. The Hall–Kier alpha value is -1.42. The Morgan fingerprint density at radius 1 is 1.06 bits per heavy atom. The zero-order valence-corrected chi connectivity index (χ0v) is 10.4. The molecule has 0 atom stereocenters. The minimum atomic E-state index is 0.355. The molecule has 18 heavy (non-hydrogen) atoms. The zero-order valence-electron chi connectivity index (χ0n) is 10.4. The summed E-state index contributed by atoms with van der Waals surface area (Å²) in [4.78, 5) is 2.46. The predicted octanol–water partition coefficient (Wildman–Crippen LogP) is 1.61. The smallest absolute Gasteiger partial charge is 0.231 e. The van der Waals surface area contributed by atoms with Gasteiger partial charge in [-0.15, -0.1) is 0 Å². The first kappa shape index (κ1) is 10.5. The monoisotopic (exact) mass is 246 g/mol. The van der Waals surface area contributed by atoms with Crippen molar-refractivity contribution in [3.8, 4) is 11.5 Å². The molecule has 3 aliphatic heterocycles. The van der Waals surface area contributed by atoms with Crippen molar-refractivity contribution < 1.29 is 9.47 Å². The van der Waals surface area contributed by atoms with Gasteiger partial charge in [0.2, 0.25) is 6.79 Å². The Balaban J connectivity index is 1.50. The van der Waals surface area contributed by atoms with Crippen LogP contribution >= 0.6 is 0 Å². The van der Waals surface area contributed by atoms with Crippen molar-refractivity contribution in [3.63, 3.8) is 0 Å². The third-order valence-corrected chi connectivity index (χ3v) is 4.55. The van der Waals surface area contributed by atoms with Gasteiger partial charge in [-0.25, -0.2) is 0 Å². The summed E-state index contributed by atoms with van der Waals surface area (Å²) in [7, 11) is 0. The molecule has 1 aromatic carbocycles. The van der Waals surface area contributed by atoms with Gasteiger partial charge in [-0.05, 0) is 30.4 Å². The quantitative estimate of drug-likeness (QED) is 0.816. The number of hydrogen-bond acceptors (Lipinski definition) is 4. The highest BCUT2D eigenvalue weighted by atomic mass is 16.7. The molecule has 0 saturated carbocycles.